The molecule has 0 heterocycles. The van der Waals surface area contributed by atoms with Gasteiger partial charge in [-0.25, -0.2) is 4.79 Å². The van der Waals surface area contributed by atoms with E-state index in [0.29, 0.717) is 5.75 Å². The van der Waals surface area contributed by atoms with E-state index in [-0.39, 0.29) is 6.42 Å². The van der Waals surface area contributed by atoms with Crippen molar-refractivity contribution in [2.24, 2.45) is 5.73 Å². The Hall–Kier alpha value is -2.91. The summed E-state index contributed by atoms with van der Waals surface area (Å²) >= 11 is 1.32. The smallest absolute Gasteiger partial charge is 0.326 e. The van der Waals surface area contributed by atoms with Crippen molar-refractivity contribution in [1.82, 2.24) is 16.0 Å². The lowest BCUT2D eigenvalue weighted by molar-refractivity contribution is -0.145. The first kappa shape index (κ1) is 28.1. The highest BCUT2D eigenvalue weighted by Crippen LogP contribution is 2.04. The van der Waals surface area contributed by atoms with Crippen LogP contribution < -0.4 is 21.7 Å². The molecular weight excluding hydrogens is 440 g/mol. The topological polar surface area (TPSA) is 245 Å². The molecule has 0 saturated carbocycles. The van der Waals surface area contributed by atoms with Gasteiger partial charge in [-0.1, -0.05) is 0 Å². The number of aliphatic hydroxyl groups excluding tert-OH is 1. The summed E-state index contributed by atoms with van der Waals surface area (Å²) in [4.78, 5) is 70.0. The average molecular weight is 466 g/mol. The van der Waals surface area contributed by atoms with Crippen LogP contribution in [0.4, 0.5) is 0 Å². The van der Waals surface area contributed by atoms with Gasteiger partial charge in [-0.15, -0.1) is 0 Å². The van der Waals surface area contributed by atoms with E-state index >= 15 is 0 Å². The van der Waals surface area contributed by atoms with Crippen LogP contribution in [0.25, 0.3) is 0 Å². The van der Waals surface area contributed by atoms with Gasteiger partial charge < -0.3 is 42.1 Å². The summed E-state index contributed by atoms with van der Waals surface area (Å²) in [6.07, 6.45) is -0.112. The van der Waals surface area contributed by atoms with Crippen molar-refractivity contribution in [3.63, 3.8) is 0 Å². The molecule has 0 bridgehead atoms. The Morgan fingerprint density at radius 2 is 1.23 bits per heavy atom. The quantitative estimate of drug-likeness (QED) is 0.117. The highest BCUT2D eigenvalue weighted by molar-refractivity contribution is 7.98. The number of amides is 3. The number of thioether (sulfide) groups is 1. The second-order valence-corrected chi connectivity index (χ2v) is 7.27. The van der Waals surface area contributed by atoms with Crippen LogP contribution in [0.15, 0.2) is 0 Å². The van der Waals surface area contributed by atoms with Gasteiger partial charge in [-0.2, -0.15) is 11.8 Å². The molecule has 0 aliphatic carbocycles. The van der Waals surface area contributed by atoms with Crippen LogP contribution >= 0.6 is 11.8 Å². The summed E-state index contributed by atoms with van der Waals surface area (Å²) < 4.78 is 0. The number of carbonyl (C=O) groups is 6. The van der Waals surface area contributed by atoms with Gasteiger partial charge in [-0.05, 0) is 18.4 Å². The van der Waals surface area contributed by atoms with E-state index in [1.807, 2.05) is 10.6 Å². The fourth-order valence-corrected chi connectivity index (χ4v) is 2.64. The Labute approximate surface area is 180 Å². The summed E-state index contributed by atoms with van der Waals surface area (Å²) in [7, 11) is 0. The van der Waals surface area contributed by atoms with Gasteiger partial charge in [0, 0.05) is 0 Å². The van der Waals surface area contributed by atoms with E-state index in [4.69, 9.17) is 21.1 Å². The molecule has 31 heavy (non-hydrogen) atoms. The fourth-order valence-electron chi connectivity index (χ4n) is 2.17. The molecule has 15 heteroatoms. The molecule has 0 aromatic carbocycles. The molecule has 14 nitrogen and oxygen atoms in total. The maximum Gasteiger partial charge on any atom is 0.326 e. The van der Waals surface area contributed by atoms with E-state index in [1.54, 1.807) is 6.26 Å². The van der Waals surface area contributed by atoms with Gasteiger partial charge >= 0.3 is 17.9 Å². The molecule has 4 atom stereocenters. The van der Waals surface area contributed by atoms with Crippen LogP contribution in [0, 0.1) is 0 Å². The predicted octanol–water partition coefficient (Wildman–Crippen LogP) is -3.45. The maximum absolute atomic E-state index is 12.4. The van der Waals surface area contributed by atoms with E-state index in [2.05, 4.69) is 5.32 Å². The highest BCUT2D eigenvalue weighted by Gasteiger charge is 2.32. The monoisotopic (exact) mass is 466 g/mol. The van der Waals surface area contributed by atoms with E-state index < -0.39 is 79.2 Å². The second kappa shape index (κ2) is 14.2. The minimum Gasteiger partial charge on any atom is -0.481 e. The standard InChI is InChI=1S/C16H26N4O10S/c1-31-3-2-8(16(29)30)18-14(27)10(5-12(24)25)20-15(28)9(4-11(22)23)19-13(26)7(17)6-21/h7-10,21H,2-6,17H2,1H3,(H,18,27)(H,19,26)(H,20,28)(H,22,23)(H,24,25)(H,29,30). The number of carboxylic acid groups (broad SMARTS) is 3. The van der Waals surface area contributed by atoms with Gasteiger partial charge in [0.25, 0.3) is 0 Å². The molecular formula is C16H26N4O10S. The van der Waals surface area contributed by atoms with Gasteiger partial charge in [0.1, 0.15) is 24.2 Å². The van der Waals surface area contributed by atoms with Crippen LogP contribution in [0.1, 0.15) is 19.3 Å². The number of carbonyl (C=O) groups excluding carboxylic acids is 3. The summed E-state index contributed by atoms with van der Waals surface area (Å²) in [5.41, 5.74) is 5.29. The lowest BCUT2D eigenvalue weighted by atomic mass is 10.1. The molecule has 0 aliphatic rings. The molecule has 0 aliphatic heterocycles. The van der Waals surface area contributed by atoms with Crippen LogP contribution in [0.3, 0.4) is 0 Å². The largest absolute Gasteiger partial charge is 0.481 e. The second-order valence-electron chi connectivity index (χ2n) is 6.29. The molecule has 3 amide bonds. The lowest BCUT2D eigenvalue weighted by Gasteiger charge is -2.23. The minimum atomic E-state index is -1.75. The van der Waals surface area contributed by atoms with Crippen molar-refractivity contribution >= 4 is 47.4 Å². The zero-order valence-corrected chi connectivity index (χ0v) is 17.4. The molecule has 0 aromatic rings. The SMILES string of the molecule is CSCCC(NC(=O)C(CC(=O)O)NC(=O)C(CC(=O)O)NC(=O)C(N)CO)C(=O)O. The van der Waals surface area contributed by atoms with Crippen molar-refractivity contribution in [3.8, 4) is 0 Å². The Morgan fingerprint density at radius 3 is 1.58 bits per heavy atom. The van der Waals surface area contributed by atoms with E-state index in [0.717, 1.165) is 0 Å². The number of hydrogen-bond acceptors (Lipinski definition) is 9. The molecule has 0 fully saturated rings. The Bertz CT molecular complexity index is 689. The van der Waals surface area contributed by atoms with Crippen molar-refractivity contribution < 1.29 is 49.2 Å². The minimum absolute atomic E-state index is 0.0344. The summed E-state index contributed by atoms with van der Waals surface area (Å²) in [5.74, 6) is -7.36. The van der Waals surface area contributed by atoms with Crippen molar-refractivity contribution in [3.05, 3.63) is 0 Å². The first-order valence-corrected chi connectivity index (χ1v) is 10.2. The molecule has 9 N–H and O–H groups in total. The number of aliphatic carboxylic acids is 3. The molecule has 0 saturated heterocycles. The molecule has 4 unspecified atom stereocenters. The zero-order valence-electron chi connectivity index (χ0n) is 16.6. The molecule has 176 valence electrons. The maximum atomic E-state index is 12.4. The van der Waals surface area contributed by atoms with Crippen LogP contribution in [-0.2, 0) is 28.8 Å². The fraction of sp³-hybridized carbons (Fsp3) is 0.625. The summed E-state index contributed by atoms with van der Waals surface area (Å²) in [6, 6.07) is -6.28. The Balaban J connectivity index is 5.46. The third kappa shape index (κ3) is 11.2. The van der Waals surface area contributed by atoms with Crippen molar-refractivity contribution in [2.75, 3.05) is 18.6 Å². The van der Waals surface area contributed by atoms with Crippen LogP contribution in [0.2, 0.25) is 0 Å². The molecule has 0 spiro atoms. The Kier molecular flexibility index (Phi) is 12.8. The lowest BCUT2D eigenvalue weighted by Crippen LogP contribution is -2.58. The number of aliphatic hydroxyl groups is 1. The third-order valence-corrected chi connectivity index (χ3v) is 4.43. The summed E-state index contributed by atoms with van der Waals surface area (Å²) in [5, 5.41) is 42.1. The average Bonchev–Trinajstić information content (AvgIpc) is 2.67. The first-order valence-electron chi connectivity index (χ1n) is 8.85. The van der Waals surface area contributed by atoms with E-state index in [1.165, 1.54) is 11.8 Å². The van der Waals surface area contributed by atoms with Crippen molar-refractivity contribution in [1.29, 1.82) is 0 Å². The van der Waals surface area contributed by atoms with Crippen LogP contribution in [0.5, 0.6) is 0 Å². The van der Waals surface area contributed by atoms with Gasteiger partial charge in [0.05, 0.1) is 19.4 Å². The van der Waals surface area contributed by atoms with Gasteiger partial charge in [-0.3, -0.25) is 24.0 Å². The first-order chi connectivity index (χ1) is 14.4. The number of hydrogen-bond donors (Lipinski definition) is 8. The van der Waals surface area contributed by atoms with Gasteiger partial charge in [0.15, 0.2) is 0 Å². The number of carboxylic acids is 3. The number of nitrogens with one attached hydrogen (secondary N) is 3. The highest BCUT2D eigenvalue weighted by atomic mass is 32.2. The normalized spacial score (nSPS) is 14.4. The van der Waals surface area contributed by atoms with Gasteiger partial charge in [0.2, 0.25) is 17.7 Å². The Morgan fingerprint density at radius 1 is 0.806 bits per heavy atom. The summed E-state index contributed by atoms with van der Waals surface area (Å²) in [6.45, 7) is -0.788. The van der Waals surface area contributed by atoms with E-state index in [9.17, 15) is 33.9 Å². The molecule has 0 radical (unpaired) electrons. The zero-order chi connectivity index (χ0) is 24.1. The number of nitrogens with two attached hydrogens (primary N) is 1. The van der Waals surface area contributed by atoms with Crippen LogP contribution in [-0.4, -0.2) is 98.8 Å². The molecule has 0 rings (SSSR count). The molecule has 0 aromatic heterocycles. The third-order valence-electron chi connectivity index (χ3n) is 3.78. The van der Waals surface area contributed by atoms with Crippen molar-refractivity contribution in [2.45, 2.75) is 43.4 Å². The number of rotatable bonds is 15. The predicted molar refractivity (Wildman–Crippen MR) is 106 cm³/mol.